The largest absolute Gasteiger partial charge is 0.508 e. The number of ether oxygens (including phenoxy) is 1. The zero-order chi connectivity index (χ0) is 29.6. The van der Waals surface area contributed by atoms with E-state index in [2.05, 4.69) is 29.2 Å². The number of morpholine rings is 1. The van der Waals surface area contributed by atoms with E-state index in [0.29, 0.717) is 24.0 Å². The number of rotatable bonds is 6. The van der Waals surface area contributed by atoms with Gasteiger partial charge in [-0.25, -0.2) is 4.79 Å². The minimum absolute atomic E-state index is 0.0440. The van der Waals surface area contributed by atoms with Gasteiger partial charge in [0.2, 0.25) is 5.91 Å². The number of alkyl halides is 3. The number of amides is 1. The summed E-state index contributed by atoms with van der Waals surface area (Å²) in [4.78, 5) is 26.2. The summed E-state index contributed by atoms with van der Waals surface area (Å²) in [5.41, 5.74) is 2.46. The Hall–Kier alpha value is -3.60. The fraction of sp³-hybridized carbons (Fsp3) is 0.333. The van der Waals surface area contributed by atoms with Crippen molar-refractivity contribution in [3.63, 3.8) is 0 Å². The van der Waals surface area contributed by atoms with Gasteiger partial charge in [0.1, 0.15) is 18.0 Å². The van der Waals surface area contributed by atoms with Crippen LogP contribution in [0.5, 0.6) is 5.75 Å². The van der Waals surface area contributed by atoms with E-state index in [4.69, 9.17) is 26.2 Å². The molecular formula is C30H30ClF3N2O5. The number of benzene rings is 3. The standard InChI is InChI=1S/C28H29ClN2O3.C2HF3O2/c29-26-15-25(32)12-11-22(26)18-30-14-13-21(16-30)17-31-20-28(34-19-27(31)33,23-7-3-1-4-8-23)24-9-5-2-6-10-24;3-2(4,5)1(6)7/h1-12,15,21,32H,13-14,16-20H2;(H,6,7). The lowest BCUT2D eigenvalue weighted by Crippen LogP contribution is -2.54. The normalized spacial score (nSPS) is 19.0. The molecule has 7 nitrogen and oxygen atoms in total. The molecule has 41 heavy (non-hydrogen) atoms. The summed E-state index contributed by atoms with van der Waals surface area (Å²) >= 11 is 6.31. The molecule has 0 radical (unpaired) electrons. The van der Waals surface area contributed by atoms with Crippen LogP contribution in [-0.4, -0.2) is 70.9 Å². The van der Waals surface area contributed by atoms with Gasteiger partial charge in [0.25, 0.3) is 0 Å². The van der Waals surface area contributed by atoms with Gasteiger partial charge >= 0.3 is 12.1 Å². The van der Waals surface area contributed by atoms with E-state index in [1.54, 1.807) is 12.1 Å². The van der Waals surface area contributed by atoms with Crippen LogP contribution in [0.25, 0.3) is 0 Å². The molecule has 2 fully saturated rings. The minimum atomic E-state index is -5.08. The van der Waals surface area contributed by atoms with E-state index in [9.17, 15) is 23.1 Å². The summed E-state index contributed by atoms with van der Waals surface area (Å²) in [6, 6.07) is 25.6. The average molecular weight is 591 g/mol. The molecule has 5 rings (SSSR count). The van der Waals surface area contributed by atoms with Gasteiger partial charge in [-0.3, -0.25) is 9.69 Å². The lowest BCUT2D eigenvalue weighted by molar-refractivity contribution is -0.192. The first-order chi connectivity index (χ1) is 19.5. The first-order valence-electron chi connectivity index (χ1n) is 13.0. The van der Waals surface area contributed by atoms with E-state index in [1.807, 2.05) is 47.4 Å². The fourth-order valence-electron chi connectivity index (χ4n) is 5.20. The van der Waals surface area contributed by atoms with E-state index in [1.165, 1.54) is 0 Å². The third kappa shape index (κ3) is 7.58. The number of carboxylic acid groups (broad SMARTS) is 1. The highest BCUT2D eigenvalue weighted by molar-refractivity contribution is 6.31. The highest BCUT2D eigenvalue weighted by atomic mass is 35.5. The van der Waals surface area contributed by atoms with E-state index >= 15 is 0 Å². The van der Waals surface area contributed by atoms with Crippen LogP contribution in [0.3, 0.4) is 0 Å². The predicted molar refractivity (Wildman–Crippen MR) is 146 cm³/mol. The molecule has 2 N–H and O–H groups in total. The summed E-state index contributed by atoms with van der Waals surface area (Å²) in [5, 5.41) is 17.3. The molecule has 1 atom stereocenters. The number of nitrogens with zero attached hydrogens (tertiary/aromatic N) is 2. The van der Waals surface area contributed by atoms with Gasteiger partial charge in [-0.15, -0.1) is 0 Å². The molecule has 0 bridgehead atoms. The summed E-state index contributed by atoms with van der Waals surface area (Å²) in [7, 11) is 0. The highest BCUT2D eigenvalue weighted by Gasteiger charge is 2.43. The van der Waals surface area contributed by atoms with Crippen LogP contribution >= 0.6 is 11.6 Å². The number of carbonyl (C=O) groups is 2. The molecule has 0 aliphatic carbocycles. The Morgan fingerprint density at radius 2 is 1.61 bits per heavy atom. The highest BCUT2D eigenvalue weighted by Crippen LogP contribution is 2.38. The summed E-state index contributed by atoms with van der Waals surface area (Å²) in [6.07, 6.45) is -4.05. The van der Waals surface area contributed by atoms with Crippen LogP contribution in [0.2, 0.25) is 5.02 Å². The molecule has 0 aromatic heterocycles. The number of phenols is 1. The second-order valence-electron chi connectivity index (χ2n) is 10.1. The Morgan fingerprint density at radius 1 is 1.02 bits per heavy atom. The Kier molecular flexibility index (Phi) is 9.57. The zero-order valence-electron chi connectivity index (χ0n) is 22.1. The van der Waals surface area contributed by atoms with Crippen LogP contribution in [0.4, 0.5) is 13.2 Å². The molecule has 0 spiro atoms. The third-order valence-corrected chi connectivity index (χ3v) is 7.56. The first kappa shape index (κ1) is 30.4. The van der Waals surface area contributed by atoms with Gasteiger partial charge in [-0.05, 0) is 47.7 Å². The second-order valence-corrected chi connectivity index (χ2v) is 10.5. The van der Waals surface area contributed by atoms with Crippen LogP contribution in [0, 0.1) is 5.92 Å². The average Bonchev–Trinajstić information content (AvgIpc) is 3.39. The maximum Gasteiger partial charge on any atom is 0.490 e. The molecule has 1 amide bonds. The summed E-state index contributed by atoms with van der Waals surface area (Å²) < 4.78 is 38.1. The molecule has 11 heteroatoms. The van der Waals surface area contributed by atoms with Gasteiger partial charge < -0.3 is 19.8 Å². The van der Waals surface area contributed by atoms with Crippen LogP contribution in [0.1, 0.15) is 23.1 Å². The molecule has 218 valence electrons. The molecule has 3 aromatic carbocycles. The van der Waals surface area contributed by atoms with Crippen molar-refractivity contribution in [3.8, 4) is 5.75 Å². The molecule has 2 heterocycles. The maximum atomic E-state index is 12.9. The van der Waals surface area contributed by atoms with Crippen molar-refractivity contribution in [3.05, 3.63) is 101 Å². The van der Waals surface area contributed by atoms with Gasteiger partial charge in [-0.2, -0.15) is 13.2 Å². The summed E-state index contributed by atoms with van der Waals surface area (Å²) in [5.74, 6) is -2.14. The predicted octanol–water partition coefficient (Wildman–Crippen LogP) is 5.30. The Bertz CT molecular complexity index is 1300. The molecule has 2 aliphatic rings. The monoisotopic (exact) mass is 590 g/mol. The number of likely N-dealkylation sites (tertiary alicyclic amines) is 1. The van der Waals surface area contributed by atoms with E-state index in [-0.39, 0.29) is 18.3 Å². The van der Waals surface area contributed by atoms with E-state index < -0.39 is 17.7 Å². The van der Waals surface area contributed by atoms with Crippen molar-refractivity contribution < 1.29 is 37.7 Å². The van der Waals surface area contributed by atoms with Crippen molar-refractivity contribution in [2.45, 2.75) is 24.7 Å². The lowest BCUT2D eigenvalue weighted by atomic mass is 9.84. The van der Waals surface area contributed by atoms with E-state index in [0.717, 1.165) is 42.7 Å². The molecule has 0 saturated carbocycles. The maximum absolute atomic E-state index is 12.9. The van der Waals surface area contributed by atoms with Crippen LogP contribution in [0.15, 0.2) is 78.9 Å². The number of aliphatic carboxylic acids is 1. The van der Waals surface area contributed by atoms with Crippen molar-refractivity contribution in [1.82, 2.24) is 9.80 Å². The Labute approximate surface area is 240 Å². The van der Waals surface area contributed by atoms with Gasteiger partial charge in [-0.1, -0.05) is 78.3 Å². The zero-order valence-corrected chi connectivity index (χ0v) is 22.8. The fourth-order valence-corrected chi connectivity index (χ4v) is 5.43. The van der Waals surface area contributed by atoms with Crippen LogP contribution < -0.4 is 0 Å². The third-order valence-electron chi connectivity index (χ3n) is 7.21. The van der Waals surface area contributed by atoms with Crippen molar-refractivity contribution in [1.29, 1.82) is 0 Å². The second kappa shape index (κ2) is 12.9. The van der Waals surface area contributed by atoms with Gasteiger partial charge in [0, 0.05) is 24.7 Å². The Balaban J connectivity index is 0.000000493. The van der Waals surface area contributed by atoms with Gasteiger partial charge in [0.15, 0.2) is 0 Å². The first-order valence-corrected chi connectivity index (χ1v) is 13.4. The quantitative estimate of drug-likeness (QED) is 0.405. The molecule has 1 unspecified atom stereocenters. The molecule has 2 aliphatic heterocycles. The van der Waals surface area contributed by atoms with Crippen molar-refractivity contribution >= 4 is 23.5 Å². The van der Waals surface area contributed by atoms with Gasteiger partial charge in [0.05, 0.1) is 6.54 Å². The SMILES string of the molecule is O=C(O)C(F)(F)F.O=C1COC(c2ccccc2)(c2ccccc2)CN1CC1CCN(Cc2ccc(O)cc2Cl)C1. The van der Waals surface area contributed by atoms with Crippen molar-refractivity contribution in [2.75, 3.05) is 32.8 Å². The molecular weight excluding hydrogens is 561 g/mol. The lowest BCUT2D eigenvalue weighted by Gasteiger charge is -2.44. The summed E-state index contributed by atoms with van der Waals surface area (Å²) in [6.45, 7) is 3.89. The Morgan fingerprint density at radius 3 is 2.15 bits per heavy atom. The smallest absolute Gasteiger partial charge is 0.490 e. The topological polar surface area (TPSA) is 90.3 Å². The van der Waals surface area contributed by atoms with Crippen molar-refractivity contribution in [2.24, 2.45) is 5.92 Å². The minimum Gasteiger partial charge on any atom is -0.508 e. The number of hydrogen-bond donors (Lipinski definition) is 2. The number of hydrogen-bond acceptors (Lipinski definition) is 5. The number of aromatic hydroxyl groups is 1. The molecule has 2 saturated heterocycles. The number of halogens is 4. The number of carbonyl (C=O) groups excluding carboxylic acids is 1. The number of carboxylic acids is 1. The molecule has 3 aromatic rings. The van der Waals surface area contributed by atoms with Crippen LogP contribution in [-0.2, 0) is 26.5 Å². The number of phenolic OH excluding ortho intramolecular Hbond substituents is 1.